The maximum Gasteiger partial charge on any atom is 0.0228 e. The molecule has 1 heterocycles. The fraction of sp³-hybridized carbons (Fsp3) is 1.00. The molecular formula is C10H20S3. The molecule has 0 spiro atoms. The number of hydrogen-bond acceptors (Lipinski definition) is 3. The van der Waals surface area contributed by atoms with E-state index in [4.69, 9.17) is 0 Å². The molecule has 1 aliphatic heterocycles. The normalized spacial score (nSPS) is 19.8. The minimum Gasteiger partial charge on any atom is -0.176 e. The lowest BCUT2D eigenvalue weighted by Gasteiger charge is -2.24. The van der Waals surface area contributed by atoms with Crippen molar-refractivity contribution in [2.45, 2.75) is 43.1 Å². The monoisotopic (exact) mass is 236 g/mol. The molecule has 0 radical (unpaired) electrons. The molecule has 0 aliphatic carbocycles. The Balaban J connectivity index is 1.82. The van der Waals surface area contributed by atoms with Crippen LogP contribution < -0.4 is 0 Å². The zero-order valence-corrected chi connectivity index (χ0v) is 10.9. The summed E-state index contributed by atoms with van der Waals surface area (Å²) in [6.07, 6.45) is 5.23. The highest BCUT2D eigenvalue weighted by Crippen LogP contribution is 2.30. The summed E-state index contributed by atoms with van der Waals surface area (Å²) in [5.74, 6) is 4.14. The Hall–Kier alpha value is 1.05. The maximum absolute atomic E-state index is 4.56. The van der Waals surface area contributed by atoms with Gasteiger partial charge in [0.1, 0.15) is 0 Å². The molecule has 3 heteroatoms. The maximum atomic E-state index is 4.56. The van der Waals surface area contributed by atoms with Crippen LogP contribution in [0.15, 0.2) is 0 Å². The van der Waals surface area contributed by atoms with Gasteiger partial charge in [0.2, 0.25) is 0 Å². The number of hydrogen-bond donors (Lipinski definition) is 1. The van der Waals surface area contributed by atoms with Crippen LogP contribution in [-0.4, -0.2) is 27.8 Å². The molecule has 1 rings (SSSR count). The van der Waals surface area contributed by atoms with Crippen LogP contribution in [0.2, 0.25) is 0 Å². The van der Waals surface area contributed by atoms with Gasteiger partial charge in [-0.15, -0.1) is 0 Å². The van der Waals surface area contributed by atoms with E-state index >= 15 is 0 Å². The summed E-state index contributed by atoms with van der Waals surface area (Å²) >= 11 is 8.81. The Bertz CT molecular complexity index is 123. The van der Waals surface area contributed by atoms with Gasteiger partial charge >= 0.3 is 0 Å². The smallest absolute Gasteiger partial charge is 0.0228 e. The van der Waals surface area contributed by atoms with Gasteiger partial charge in [-0.1, -0.05) is 13.3 Å². The van der Waals surface area contributed by atoms with Crippen molar-refractivity contribution in [1.82, 2.24) is 0 Å². The van der Waals surface area contributed by atoms with Crippen LogP contribution in [0, 0.1) is 0 Å². The minimum atomic E-state index is 0.654. The number of rotatable bonds is 7. The van der Waals surface area contributed by atoms with E-state index in [2.05, 4.69) is 43.1 Å². The van der Waals surface area contributed by atoms with Crippen LogP contribution in [0.25, 0.3) is 0 Å². The predicted molar refractivity (Wildman–Crippen MR) is 70.5 cm³/mol. The number of thiol groups is 1. The first kappa shape index (κ1) is 12.1. The first-order chi connectivity index (χ1) is 6.33. The molecule has 1 fully saturated rings. The zero-order valence-electron chi connectivity index (χ0n) is 8.37. The first-order valence-electron chi connectivity index (χ1n) is 5.20. The highest BCUT2D eigenvalue weighted by Gasteiger charge is 2.17. The van der Waals surface area contributed by atoms with E-state index in [9.17, 15) is 0 Å². The lowest BCUT2D eigenvalue weighted by atomic mass is 10.2. The molecule has 78 valence electrons. The third kappa shape index (κ3) is 5.48. The lowest BCUT2D eigenvalue weighted by molar-refractivity contribution is 0.679. The molecule has 0 bridgehead atoms. The van der Waals surface area contributed by atoms with Gasteiger partial charge in [0.25, 0.3) is 0 Å². The minimum absolute atomic E-state index is 0.654. The average molecular weight is 236 g/mol. The summed E-state index contributed by atoms with van der Waals surface area (Å²) in [6.45, 7) is 2.24. The van der Waals surface area contributed by atoms with Crippen molar-refractivity contribution in [3.05, 3.63) is 0 Å². The van der Waals surface area contributed by atoms with Crippen LogP contribution >= 0.6 is 36.2 Å². The van der Waals surface area contributed by atoms with E-state index in [1.807, 2.05) is 0 Å². The SMILES string of the molecule is CCCC(S)CCCSC1CSC1. The van der Waals surface area contributed by atoms with E-state index in [0.717, 1.165) is 5.25 Å². The summed E-state index contributed by atoms with van der Waals surface area (Å²) in [5, 5.41) is 1.64. The third-order valence-corrected chi connectivity index (χ3v) is 5.81. The summed E-state index contributed by atoms with van der Waals surface area (Å²) in [5.41, 5.74) is 0. The lowest BCUT2D eigenvalue weighted by Crippen LogP contribution is -2.21. The standard InChI is InChI=1S/C10H20S3/c1-2-4-9(11)5-3-6-13-10-7-12-8-10/h9-11H,2-8H2,1H3. The van der Waals surface area contributed by atoms with E-state index in [0.29, 0.717) is 5.25 Å². The molecule has 0 aromatic rings. The van der Waals surface area contributed by atoms with Crippen molar-refractivity contribution in [3.8, 4) is 0 Å². The van der Waals surface area contributed by atoms with Gasteiger partial charge in [-0.05, 0) is 25.0 Å². The topological polar surface area (TPSA) is 0 Å². The van der Waals surface area contributed by atoms with Gasteiger partial charge in [-0.3, -0.25) is 0 Å². The largest absolute Gasteiger partial charge is 0.176 e. The Labute approximate surface area is 96.4 Å². The molecule has 13 heavy (non-hydrogen) atoms. The molecule has 1 aliphatic rings. The fourth-order valence-electron chi connectivity index (χ4n) is 1.36. The van der Waals surface area contributed by atoms with Crippen molar-refractivity contribution in [3.63, 3.8) is 0 Å². The average Bonchev–Trinajstić information content (AvgIpc) is 2.01. The quantitative estimate of drug-likeness (QED) is 0.528. The van der Waals surface area contributed by atoms with Gasteiger partial charge in [-0.25, -0.2) is 0 Å². The van der Waals surface area contributed by atoms with Crippen LogP contribution in [-0.2, 0) is 0 Å². The Kier molecular flexibility index (Phi) is 6.86. The molecule has 1 unspecified atom stereocenters. The predicted octanol–water partition coefficient (Wildman–Crippen LogP) is 3.71. The molecule has 0 aromatic heterocycles. The highest BCUT2D eigenvalue weighted by atomic mass is 32.2. The number of thioether (sulfide) groups is 2. The Morgan fingerprint density at radius 2 is 2.23 bits per heavy atom. The van der Waals surface area contributed by atoms with Gasteiger partial charge in [-0.2, -0.15) is 36.2 Å². The fourth-order valence-corrected chi connectivity index (χ4v) is 4.24. The van der Waals surface area contributed by atoms with Gasteiger partial charge in [0.05, 0.1) is 0 Å². The molecule has 1 atom stereocenters. The second-order valence-corrected chi connectivity index (χ2v) is 6.83. The Morgan fingerprint density at radius 3 is 2.77 bits per heavy atom. The van der Waals surface area contributed by atoms with Crippen LogP contribution in [0.3, 0.4) is 0 Å². The highest BCUT2D eigenvalue weighted by molar-refractivity contribution is 8.07. The van der Waals surface area contributed by atoms with E-state index in [1.54, 1.807) is 0 Å². The van der Waals surface area contributed by atoms with Crippen LogP contribution in [0.5, 0.6) is 0 Å². The van der Waals surface area contributed by atoms with E-state index in [1.165, 1.54) is 42.9 Å². The van der Waals surface area contributed by atoms with Gasteiger partial charge in [0.15, 0.2) is 0 Å². The van der Waals surface area contributed by atoms with Crippen molar-refractivity contribution in [2.75, 3.05) is 17.3 Å². The second-order valence-electron chi connectivity index (χ2n) is 3.61. The molecule has 1 saturated heterocycles. The van der Waals surface area contributed by atoms with Gasteiger partial charge in [0, 0.05) is 22.0 Å². The molecule has 0 amide bonds. The van der Waals surface area contributed by atoms with Crippen molar-refractivity contribution < 1.29 is 0 Å². The van der Waals surface area contributed by atoms with Gasteiger partial charge < -0.3 is 0 Å². The molecule has 0 aromatic carbocycles. The van der Waals surface area contributed by atoms with Crippen molar-refractivity contribution >= 4 is 36.2 Å². The Morgan fingerprint density at radius 1 is 1.46 bits per heavy atom. The summed E-state index contributed by atoms with van der Waals surface area (Å²) in [6, 6.07) is 0. The molecule has 0 nitrogen and oxygen atoms in total. The summed E-state index contributed by atoms with van der Waals surface area (Å²) in [7, 11) is 0. The first-order valence-corrected chi connectivity index (χ1v) is 7.92. The second kappa shape index (κ2) is 7.36. The molecular weight excluding hydrogens is 216 g/mol. The van der Waals surface area contributed by atoms with Crippen molar-refractivity contribution in [2.24, 2.45) is 0 Å². The molecule has 0 N–H and O–H groups in total. The zero-order chi connectivity index (χ0) is 9.52. The van der Waals surface area contributed by atoms with E-state index in [-0.39, 0.29) is 0 Å². The van der Waals surface area contributed by atoms with E-state index < -0.39 is 0 Å². The van der Waals surface area contributed by atoms with Crippen LogP contribution in [0.4, 0.5) is 0 Å². The van der Waals surface area contributed by atoms with Crippen molar-refractivity contribution in [1.29, 1.82) is 0 Å². The summed E-state index contributed by atoms with van der Waals surface area (Å²) in [4.78, 5) is 0. The molecule has 0 saturated carbocycles. The third-order valence-electron chi connectivity index (χ3n) is 2.26. The summed E-state index contributed by atoms with van der Waals surface area (Å²) < 4.78 is 0. The van der Waals surface area contributed by atoms with Crippen LogP contribution in [0.1, 0.15) is 32.6 Å².